The van der Waals surface area contributed by atoms with E-state index in [9.17, 15) is 0 Å². The van der Waals surface area contributed by atoms with Gasteiger partial charge in [-0.3, -0.25) is 0 Å². The molecule has 0 fully saturated rings. The second-order valence-corrected chi connectivity index (χ2v) is 3.89. The summed E-state index contributed by atoms with van der Waals surface area (Å²) in [4.78, 5) is 2.24. The predicted molar refractivity (Wildman–Crippen MR) is 62.2 cm³/mol. The van der Waals surface area contributed by atoms with E-state index < -0.39 is 0 Å². The molecule has 1 heterocycles. The van der Waals surface area contributed by atoms with Gasteiger partial charge in [0.05, 0.1) is 12.2 Å². The molecular weight excluding hydrogens is 190 g/mol. The van der Waals surface area contributed by atoms with Gasteiger partial charge in [-0.15, -0.1) is 0 Å². The number of nitrogens with zero attached hydrogens (tertiary/aromatic N) is 1. The number of hydrogen-bond acceptors (Lipinski definition) is 4. The van der Waals surface area contributed by atoms with Gasteiger partial charge in [0, 0.05) is 24.8 Å². The number of ether oxygens (including phenoxy) is 1. The molecule has 0 bridgehead atoms. The highest BCUT2D eigenvalue weighted by Gasteiger charge is 2.22. The first-order chi connectivity index (χ1) is 7.20. The molecule has 1 unspecified atom stereocenters. The van der Waals surface area contributed by atoms with E-state index in [2.05, 4.69) is 11.8 Å². The van der Waals surface area contributed by atoms with Crippen LogP contribution < -0.4 is 21.1 Å². The fourth-order valence-electron chi connectivity index (χ4n) is 1.92. The third-order valence-electron chi connectivity index (χ3n) is 2.53. The summed E-state index contributed by atoms with van der Waals surface area (Å²) < 4.78 is 5.73. The minimum Gasteiger partial charge on any atom is -0.487 e. The van der Waals surface area contributed by atoms with Crippen LogP contribution >= 0.6 is 0 Å². The van der Waals surface area contributed by atoms with Gasteiger partial charge in [0.15, 0.2) is 0 Å². The van der Waals surface area contributed by atoms with Crippen molar-refractivity contribution in [3.05, 3.63) is 18.2 Å². The molecule has 0 aliphatic carbocycles. The van der Waals surface area contributed by atoms with Gasteiger partial charge in [-0.1, -0.05) is 0 Å². The molecule has 1 aliphatic rings. The lowest BCUT2D eigenvalue weighted by Crippen LogP contribution is -2.40. The highest BCUT2D eigenvalue weighted by molar-refractivity contribution is 5.65. The fourth-order valence-corrected chi connectivity index (χ4v) is 1.92. The molecule has 0 amide bonds. The molecule has 0 saturated heterocycles. The van der Waals surface area contributed by atoms with Crippen LogP contribution in [0.2, 0.25) is 0 Å². The lowest BCUT2D eigenvalue weighted by molar-refractivity contribution is 0.213. The molecular formula is C11H17N3O. The molecule has 1 atom stereocenters. The smallest absolute Gasteiger partial charge is 0.145 e. The Morgan fingerprint density at radius 3 is 3.07 bits per heavy atom. The summed E-state index contributed by atoms with van der Waals surface area (Å²) >= 11 is 0. The van der Waals surface area contributed by atoms with Gasteiger partial charge >= 0.3 is 0 Å². The summed E-state index contributed by atoms with van der Waals surface area (Å²) in [6, 6.07) is 5.75. The highest BCUT2D eigenvalue weighted by Crippen LogP contribution is 2.34. The van der Waals surface area contributed by atoms with Crippen LogP contribution in [-0.2, 0) is 0 Å². The first kappa shape index (κ1) is 10.1. The van der Waals surface area contributed by atoms with Gasteiger partial charge in [-0.25, -0.2) is 0 Å². The maximum Gasteiger partial charge on any atom is 0.145 e. The zero-order valence-electron chi connectivity index (χ0n) is 8.94. The number of hydrogen-bond donors (Lipinski definition) is 2. The van der Waals surface area contributed by atoms with E-state index in [1.807, 2.05) is 18.2 Å². The number of fused-ring (bicyclic) bond motifs is 1. The SMILES string of the molecule is CC1CN(CCN)c2ccc(N)cc2O1. The number of rotatable bonds is 2. The van der Waals surface area contributed by atoms with E-state index in [0.29, 0.717) is 6.54 Å². The first-order valence-electron chi connectivity index (χ1n) is 5.22. The quantitative estimate of drug-likeness (QED) is 0.704. The average molecular weight is 207 g/mol. The molecule has 1 aliphatic heterocycles. The van der Waals surface area contributed by atoms with Crippen LogP contribution in [0.4, 0.5) is 11.4 Å². The van der Waals surface area contributed by atoms with Gasteiger partial charge in [0.1, 0.15) is 11.9 Å². The van der Waals surface area contributed by atoms with Crippen molar-refractivity contribution in [1.82, 2.24) is 0 Å². The Morgan fingerprint density at radius 2 is 2.33 bits per heavy atom. The Hall–Kier alpha value is -1.42. The molecule has 0 spiro atoms. The van der Waals surface area contributed by atoms with E-state index in [1.165, 1.54) is 0 Å². The number of anilines is 2. The van der Waals surface area contributed by atoms with Crippen molar-refractivity contribution in [2.24, 2.45) is 5.73 Å². The molecule has 1 aromatic rings. The number of nitrogens with two attached hydrogens (primary N) is 2. The predicted octanol–water partition coefficient (Wildman–Crippen LogP) is 0.815. The van der Waals surface area contributed by atoms with Crippen LogP contribution in [0.5, 0.6) is 5.75 Å². The van der Waals surface area contributed by atoms with Crippen LogP contribution in [0.1, 0.15) is 6.92 Å². The van der Waals surface area contributed by atoms with Gasteiger partial charge in [0.2, 0.25) is 0 Å². The van der Waals surface area contributed by atoms with E-state index in [1.54, 1.807) is 0 Å². The molecule has 4 nitrogen and oxygen atoms in total. The lowest BCUT2D eigenvalue weighted by atomic mass is 10.2. The highest BCUT2D eigenvalue weighted by atomic mass is 16.5. The van der Waals surface area contributed by atoms with Crippen molar-refractivity contribution in [3.8, 4) is 5.75 Å². The summed E-state index contributed by atoms with van der Waals surface area (Å²) in [5.41, 5.74) is 13.1. The maximum atomic E-state index is 5.73. The van der Waals surface area contributed by atoms with Crippen LogP contribution in [-0.4, -0.2) is 25.7 Å². The van der Waals surface area contributed by atoms with Crippen LogP contribution in [0.15, 0.2) is 18.2 Å². The van der Waals surface area contributed by atoms with Crippen molar-refractivity contribution in [2.45, 2.75) is 13.0 Å². The first-order valence-corrected chi connectivity index (χ1v) is 5.22. The standard InChI is InChI=1S/C11H17N3O/c1-8-7-14(5-4-12)10-3-2-9(13)6-11(10)15-8/h2-3,6,8H,4-5,7,12-13H2,1H3. The zero-order chi connectivity index (χ0) is 10.8. The van der Waals surface area contributed by atoms with E-state index in [0.717, 1.165) is 30.2 Å². The van der Waals surface area contributed by atoms with E-state index >= 15 is 0 Å². The van der Waals surface area contributed by atoms with Gasteiger partial charge in [0.25, 0.3) is 0 Å². The molecule has 0 radical (unpaired) electrons. The van der Waals surface area contributed by atoms with Gasteiger partial charge < -0.3 is 21.1 Å². The Kier molecular flexibility index (Phi) is 2.68. The fraction of sp³-hybridized carbons (Fsp3) is 0.455. The second kappa shape index (κ2) is 3.98. The van der Waals surface area contributed by atoms with Crippen molar-refractivity contribution in [3.63, 3.8) is 0 Å². The Bertz CT molecular complexity index is 354. The van der Waals surface area contributed by atoms with E-state index in [4.69, 9.17) is 16.2 Å². The Labute approximate surface area is 89.8 Å². The summed E-state index contributed by atoms with van der Waals surface area (Å²) in [6.45, 7) is 4.44. The molecule has 1 aromatic carbocycles. The van der Waals surface area contributed by atoms with Crippen LogP contribution in [0.3, 0.4) is 0 Å². The molecule has 4 heteroatoms. The minimum absolute atomic E-state index is 0.186. The molecule has 2 rings (SSSR count). The average Bonchev–Trinajstić information content (AvgIpc) is 2.17. The normalized spacial score (nSPS) is 19.6. The summed E-state index contributed by atoms with van der Waals surface area (Å²) in [5.74, 6) is 0.863. The molecule has 0 saturated carbocycles. The molecule has 0 aromatic heterocycles. The number of benzene rings is 1. The lowest BCUT2D eigenvalue weighted by Gasteiger charge is -2.34. The van der Waals surface area contributed by atoms with Crippen LogP contribution in [0, 0.1) is 0 Å². The Balaban J connectivity index is 2.33. The van der Waals surface area contributed by atoms with Crippen LogP contribution in [0.25, 0.3) is 0 Å². The van der Waals surface area contributed by atoms with Crippen molar-refractivity contribution >= 4 is 11.4 Å². The summed E-state index contributed by atoms with van der Waals surface area (Å²) in [6.07, 6.45) is 0.186. The van der Waals surface area contributed by atoms with Crippen molar-refractivity contribution in [2.75, 3.05) is 30.3 Å². The Morgan fingerprint density at radius 1 is 1.53 bits per heavy atom. The zero-order valence-corrected chi connectivity index (χ0v) is 8.94. The second-order valence-electron chi connectivity index (χ2n) is 3.89. The van der Waals surface area contributed by atoms with Crippen molar-refractivity contribution in [1.29, 1.82) is 0 Å². The minimum atomic E-state index is 0.186. The van der Waals surface area contributed by atoms with E-state index in [-0.39, 0.29) is 6.10 Å². The molecule has 4 N–H and O–H groups in total. The topological polar surface area (TPSA) is 64.5 Å². The molecule has 82 valence electrons. The maximum absolute atomic E-state index is 5.73. The summed E-state index contributed by atoms with van der Waals surface area (Å²) in [5, 5.41) is 0. The number of nitrogen functional groups attached to an aromatic ring is 1. The largest absolute Gasteiger partial charge is 0.487 e. The monoisotopic (exact) mass is 207 g/mol. The van der Waals surface area contributed by atoms with Gasteiger partial charge in [-0.2, -0.15) is 0 Å². The van der Waals surface area contributed by atoms with Crippen molar-refractivity contribution < 1.29 is 4.74 Å². The molecule has 15 heavy (non-hydrogen) atoms. The third kappa shape index (κ3) is 1.99. The summed E-state index contributed by atoms with van der Waals surface area (Å²) in [7, 11) is 0. The third-order valence-corrected chi connectivity index (χ3v) is 2.53. The van der Waals surface area contributed by atoms with Gasteiger partial charge in [-0.05, 0) is 19.1 Å².